The molecule has 0 amide bonds. The van der Waals surface area contributed by atoms with Crippen LogP contribution in [0.1, 0.15) is 16.8 Å². The third kappa shape index (κ3) is 6.46. The van der Waals surface area contributed by atoms with Crippen molar-refractivity contribution in [2.24, 2.45) is 4.99 Å². The molecular formula is C25H28IN5O. The largest absolute Gasteiger partial charge is 0.487 e. The Hall–Kier alpha value is -3.07. The number of aromatic nitrogens is 2. The molecule has 2 aromatic heterocycles. The molecule has 0 unspecified atom stereocenters. The van der Waals surface area contributed by atoms with Crippen molar-refractivity contribution in [3.63, 3.8) is 0 Å². The molecule has 0 aliphatic heterocycles. The standard InChI is InChI=1S/C25H27N5O.HI/c1-26-25(28-15-13-20-17-29-24-8-3-2-7-23(20)24)30-16-19-9-11-22(12-10-19)31-18-21-6-4-5-14-27-21;/h2-12,14,17,29H,13,15-16,18H2,1H3,(H2,26,28,30);1H. The number of benzene rings is 2. The highest BCUT2D eigenvalue weighted by Crippen LogP contribution is 2.17. The third-order valence-corrected chi connectivity index (χ3v) is 5.08. The van der Waals surface area contributed by atoms with Gasteiger partial charge >= 0.3 is 0 Å². The molecule has 0 saturated carbocycles. The molecule has 2 aromatic carbocycles. The summed E-state index contributed by atoms with van der Waals surface area (Å²) in [6.07, 6.45) is 4.78. The van der Waals surface area contributed by atoms with Crippen LogP contribution in [0.25, 0.3) is 10.9 Å². The zero-order valence-electron chi connectivity index (χ0n) is 18.0. The molecular weight excluding hydrogens is 513 g/mol. The van der Waals surface area contributed by atoms with Crippen molar-refractivity contribution in [3.8, 4) is 5.75 Å². The van der Waals surface area contributed by atoms with Gasteiger partial charge in [-0.25, -0.2) is 0 Å². The van der Waals surface area contributed by atoms with Gasteiger partial charge in [0.15, 0.2) is 5.96 Å². The van der Waals surface area contributed by atoms with Crippen molar-refractivity contribution in [2.45, 2.75) is 19.6 Å². The van der Waals surface area contributed by atoms with Gasteiger partial charge in [0.1, 0.15) is 12.4 Å². The average molecular weight is 541 g/mol. The summed E-state index contributed by atoms with van der Waals surface area (Å²) in [5.41, 5.74) is 4.55. The van der Waals surface area contributed by atoms with Crippen molar-refractivity contribution in [2.75, 3.05) is 13.6 Å². The molecule has 2 heterocycles. The van der Waals surface area contributed by atoms with Crippen molar-refractivity contribution in [3.05, 3.63) is 95.9 Å². The molecule has 0 atom stereocenters. The van der Waals surface area contributed by atoms with E-state index in [2.05, 4.69) is 62.1 Å². The topological polar surface area (TPSA) is 74.3 Å². The Morgan fingerprint density at radius 1 is 1.00 bits per heavy atom. The van der Waals surface area contributed by atoms with Gasteiger partial charge in [-0.2, -0.15) is 0 Å². The number of guanidine groups is 1. The van der Waals surface area contributed by atoms with Crippen LogP contribution in [0, 0.1) is 0 Å². The molecule has 4 rings (SSSR count). The van der Waals surface area contributed by atoms with Crippen molar-refractivity contribution in [1.29, 1.82) is 0 Å². The van der Waals surface area contributed by atoms with Gasteiger partial charge in [0, 0.05) is 43.4 Å². The van der Waals surface area contributed by atoms with Gasteiger partial charge in [-0.1, -0.05) is 36.4 Å². The van der Waals surface area contributed by atoms with Crippen LogP contribution in [0.2, 0.25) is 0 Å². The maximum absolute atomic E-state index is 5.79. The first-order chi connectivity index (χ1) is 15.3. The number of hydrogen-bond acceptors (Lipinski definition) is 3. The molecule has 6 nitrogen and oxygen atoms in total. The van der Waals surface area contributed by atoms with Crippen LogP contribution in [-0.2, 0) is 19.6 Å². The summed E-state index contributed by atoms with van der Waals surface area (Å²) in [7, 11) is 1.79. The first kappa shape index (κ1) is 23.6. The van der Waals surface area contributed by atoms with Gasteiger partial charge in [0.25, 0.3) is 0 Å². The van der Waals surface area contributed by atoms with E-state index in [1.165, 1.54) is 16.5 Å². The highest BCUT2D eigenvalue weighted by Gasteiger charge is 2.04. The lowest BCUT2D eigenvalue weighted by atomic mass is 10.1. The number of para-hydroxylation sites is 1. The van der Waals surface area contributed by atoms with Crippen molar-refractivity contribution >= 4 is 40.8 Å². The number of aliphatic imine (C=N–C) groups is 1. The van der Waals surface area contributed by atoms with E-state index in [0.29, 0.717) is 13.2 Å². The Balaban J connectivity index is 0.00000289. The molecule has 4 aromatic rings. The lowest BCUT2D eigenvalue weighted by Crippen LogP contribution is -2.37. The number of hydrogen-bond donors (Lipinski definition) is 3. The van der Waals surface area contributed by atoms with Gasteiger partial charge in [0.05, 0.1) is 5.69 Å². The first-order valence-electron chi connectivity index (χ1n) is 10.4. The number of aromatic amines is 1. The Labute approximate surface area is 205 Å². The summed E-state index contributed by atoms with van der Waals surface area (Å²) < 4.78 is 5.79. The van der Waals surface area contributed by atoms with Crippen molar-refractivity contribution < 1.29 is 4.74 Å². The van der Waals surface area contributed by atoms with Gasteiger partial charge in [-0.3, -0.25) is 9.98 Å². The fraction of sp³-hybridized carbons (Fsp3) is 0.200. The molecule has 0 radical (unpaired) electrons. The molecule has 0 saturated heterocycles. The van der Waals surface area contributed by atoms with Crippen LogP contribution < -0.4 is 15.4 Å². The number of ether oxygens (including phenoxy) is 1. The zero-order chi connectivity index (χ0) is 21.3. The van der Waals surface area contributed by atoms with E-state index < -0.39 is 0 Å². The van der Waals surface area contributed by atoms with Crippen LogP contribution in [0.4, 0.5) is 0 Å². The minimum atomic E-state index is 0. The minimum Gasteiger partial charge on any atom is -0.487 e. The molecule has 7 heteroatoms. The fourth-order valence-corrected chi connectivity index (χ4v) is 3.40. The fourth-order valence-electron chi connectivity index (χ4n) is 3.40. The molecule has 32 heavy (non-hydrogen) atoms. The average Bonchev–Trinajstić information content (AvgIpc) is 3.24. The second kappa shape index (κ2) is 12.1. The molecule has 0 bridgehead atoms. The lowest BCUT2D eigenvalue weighted by Gasteiger charge is -2.12. The smallest absolute Gasteiger partial charge is 0.191 e. The highest BCUT2D eigenvalue weighted by molar-refractivity contribution is 14.0. The number of H-pyrrole nitrogens is 1. The number of nitrogens with one attached hydrogen (secondary N) is 3. The second-order valence-corrected chi connectivity index (χ2v) is 7.22. The predicted molar refractivity (Wildman–Crippen MR) is 141 cm³/mol. The monoisotopic (exact) mass is 541 g/mol. The zero-order valence-corrected chi connectivity index (χ0v) is 20.4. The van der Waals surface area contributed by atoms with Gasteiger partial charge in [-0.15, -0.1) is 24.0 Å². The Bertz CT molecular complexity index is 1130. The van der Waals surface area contributed by atoms with Gasteiger partial charge < -0.3 is 20.4 Å². The summed E-state index contributed by atoms with van der Waals surface area (Å²) in [5.74, 6) is 1.62. The maximum atomic E-state index is 5.79. The number of halogens is 1. The lowest BCUT2D eigenvalue weighted by molar-refractivity contribution is 0.301. The van der Waals surface area contributed by atoms with Crippen LogP contribution in [-0.4, -0.2) is 29.5 Å². The summed E-state index contributed by atoms with van der Waals surface area (Å²) >= 11 is 0. The Morgan fingerprint density at radius 2 is 1.81 bits per heavy atom. The molecule has 0 spiro atoms. The molecule has 3 N–H and O–H groups in total. The van der Waals surface area contributed by atoms with E-state index in [1.54, 1.807) is 13.2 Å². The van der Waals surface area contributed by atoms with E-state index in [1.807, 2.05) is 36.4 Å². The van der Waals surface area contributed by atoms with E-state index in [4.69, 9.17) is 4.74 Å². The predicted octanol–water partition coefficient (Wildman–Crippen LogP) is 4.67. The van der Waals surface area contributed by atoms with Crippen LogP contribution in [0.3, 0.4) is 0 Å². The number of fused-ring (bicyclic) bond motifs is 1. The minimum absolute atomic E-state index is 0. The van der Waals surface area contributed by atoms with Crippen LogP contribution >= 0.6 is 24.0 Å². The highest BCUT2D eigenvalue weighted by atomic mass is 127. The van der Waals surface area contributed by atoms with Gasteiger partial charge in [0.2, 0.25) is 0 Å². The van der Waals surface area contributed by atoms with Crippen LogP contribution in [0.15, 0.2) is 84.1 Å². The molecule has 0 aliphatic rings. The molecule has 0 aliphatic carbocycles. The summed E-state index contributed by atoms with van der Waals surface area (Å²) in [6.45, 7) is 1.96. The van der Waals surface area contributed by atoms with E-state index in [0.717, 1.165) is 35.9 Å². The van der Waals surface area contributed by atoms with E-state index >= 15 is 0 Å². The maximum Gasteiger partial charge on any atom is 0.191 e. The van der Waals surface area contributed by atoms with Gasteiger partial charge in [-0.05, 0) is 47.9 Å². The van der Waals surface area contributed by atoms with Crippen LogP contribution in [0.5, 0.6) is 5.75 Å². The van der Waals surface area contributed by atoms with E-state index in [9.17, 15) is 0 Å². The number of pyridine rings is 1. The SMILES string of the molecule is CN=C(NCCc1c[nH]c2ccccc12)NCc1ccc(OCc2ccccn2)cc1.I. The second-order valence-electron chi connectivity index (χ2n) is 7.22. The normalized spacial score (nSPS) is 11.1. The molecule has 0 fully saturated rings. The van der Waals surface area contributed by atoms with E-state index in [-0.39, 0.29) is 24.0 Å². The Morgan fingerprint density at radius 3 is 2.59 bits per heavy atom. The number of nitrogens with zero attached hydrogens (tertiary/aromatic N) is 2. The first-order valence-corrected chi connectivity index (χ1v) is 10.4. The summed E-state index contributed by atoms with van der Waals surface area (Å²) in [4.78, 5) is 11.9. The number of rotatable bonds is 8. The third-order valence-electron chi connectivity index (χ3n) is 5.08. The summed E-state index contributed by atoms with van der Waals surface area (Å²) in [5, 5.41) is 8.02. The van der Waals surface area contributed by atoms with Crippen molar-refractivity contribution in [1.82, 2.24) is 20.6 Å². The molecule has 166 valence electrons. The summed E-state index contributed by atoms with van der Waals surface area (Å²) in [6, 6.07) is 22.3. The Kier molecular flexibility index (Phi) is 8.91. The quantitative estimate of drug-likeness (QED) is 0.172.